The second kappa shape index (κ2) is 9.90. The molecule has 0 aliphatic carbocycles. The Hall–Kier alpha value is -4.45. The highest BCUT2D eigenvalue weighted by atomic mass is 19.2. The van der Waals surface area contributed by atoms with Gasteiger partial charge >= 0.3 is 0 Å². The molecule has 0 unspecified atom stereocenters. The van der Waals surface area contributed by atoms with Crippen molar-refractivity contribution in [2.75, 3.05) is 42.4 Å². The summed E-state index contributed by atoms with van der Waals surface area (Å²) in [4.78, 5) is 26.0. The largest absolute Gasteiger partial charge is 0.494 e. The van der Waals surface area contributed by atoms with Gasteiger partial charge in [0.25, 0.3) is 5.91 Å². The first-order valence-electron chi connectivity index (χ1n) is 11.5. The van der Waals surface area contributed by atoms with Crippen molar-refractivity contribution in [1.82, 2.24) is 15.0 Å². The molecule has 5 rings (SSSR count). The van der Waals surface area contributed by atoms with E-state index in [-0.39, 0.29) is 23.1 Å². The number of nitrogens with zero attached hydrogens (tertiary/aromatic N) is 3. The lowest BCUT2D eigenvalue weighted by Crippen LogP contribution is -2.43. The summed E-state index contributed by atoms with van der Waals surface area (Å²) in [5.74, 6) is -1.63. The van der Waals surface area contributed by atoms with Gasteiger partial charge in [-0.25, -0.2) is 13.8 Å². The van der Waals surface area contributed by atoms with Gasteiger partial charge in [0.05, 0.1) is 42.8 Å². The van der Waals surface area contributed by atoms with Gasteiger partial charge in [-0.3, -0.25) is 4.79 Å². The van der Waals surface area contributed by atoms with Crippen LogP contribution in [0.1, 0.15) is 17.3 Å². The predicted octanol–water partition coefficient (Wildman–Crippen LogP) is 4.01. The first kappa shape index (κ1) is 24.3. The van der Waals surface area contributed by atoms with E-state index in [4.69, 9.17) is 15.2 Å². The number of aromatic amines is 1. The number of methoxy groups -OCH3 is 1. The highest BCUT2D eigenvalue weighted by Crippen LogP contribution is 2.35. The van der Waals surface area contributed by atoms with Crippen molar-refractivity contribution < 1.29 is 23.0 Å². The van der Waals surface area contributed by atoms with Gasteiger partial charge in [-0.2, -0.15) is 4.98 Å². The lowest BCUT2D eigenvalue weighted by Gasteiger charge is -2.35. The number of carbonyl (C=O) groups excluding carboxylic acids is 1. The number of fused-ring (bicyclic) bond motifs is 1. The van der Waals surface area contributed by atoms with Crippen LogP contribution in [-0.4, -0.2) is 53.8 Å². The van der Waals surface area contributed by atoms with Gasteiger partial charge in [0.2, 0.25) is 5.95 Å². The number of benzene rings is 2. The lowest BCUT2D eigenvalue weighted by atomic mass is 10.1. The molecule has 3 aliphatic heterocycles. The second-order valence-corrected chi connectivity index (χ2v) is 8.57. The van der Waals surface area contributed by atoms with Gasteiger partial charge in [-0.05, 0) is 31.2 Å². The zero-order valence-corrected chi connectivity index (χ0v) is 20.1. The normalized spacial score (nSPS) is 15.6. The van der Waals surface area contributed by atoms with E-state index in [0.29, 0.717) is 42.0 Å². The van der Waals surface area contributed by atoms with E-state index >= 15 is 0 Å². The van der Waals surface area contributed by atoms with Gasteiger partial charge in [-0.1, -0.05) is 0 Å². The minimum absolute atomic E-state index is 0.0277. The van der Waals surface area contributed by atoms with Gasteiger partial charge in [0.1, 0.15) is 17.4 Å². The van der Waals surface area contributed by atoms with E-state index < -0.39 is 17.5 Å². The van der Waals surface area contributed by atoms with E-state index in [1.807, 2.05) is 18.2 Å². The Balaban J connectivity index is 1.48. The Morgan fingerprint density at radius 3 is 2.76 bits per heavy atom. The smallest absolute Gasteiger partial charge is 0.250 e. The Labute approximate surface area is 211 Å². The SMILES string of the molecule is COc1cc(N2CCOC[C@@H]2C)ccc1Nc1nc(Nc2cc(F)c(F)cc2C(N)=O)c2ccnc-2[nH]1. The van der Waals surface area contributed by atoms with E-state index in [1.54, 1.807) is 19.4 Å². The summed E-state index contributed by atoms with van der Waals surface area (Å²) >= 11 is 0. The molecule has 2 aromatic rings. The summed E-state index contributed by atoms with van der Waals surface area (Å²) in [5.41, 5.74) is 7.33. The number of rotatable bonds is 7. The summed E-state index contributed by atoms with van der Waals surface area (Å²) in [6.45, 7) is 4.18. The number of anilines is 5. The van der Waals surface area contributed by atoms with Crippen molar-refractivity contribution in [3.05, 3.63) is 59.8 Å². The third kappa shape index (κ3) is 4.83. The maximum atomic E-state index is 14.0. The van der Waals surface area contributed by atoms with Crippen LogP contribution in [0.3, 0.4) is 0 Å². The van der Waals surface area contributed by atoms with Crippen molar-refractivity contribution in [1.29, 1.82) is 0 Å². The van der Waals surface area contributed by atoms with Crippen LogP contribution >= 0.6 is 0 Å². The molecule has 1 amide bonds. The zero-order valence-electron chi connectivity index (χ0n) is 20.1. The molecular formula is C25H25F2N7O3. The Morgan fingerprint density at radius 2 is 2.00 bits per heavy atom. The molecule has 5 N–H and O–H groups in total. The average Bonchev–Trinajstić information content (AvgIpc) is 3.35. The summed E-state index contributed by atoms with van der Waals surface area (Å²) in [5, 5.41) is 6.08. The lowest BCUT2D eigenvalue weighted by molar-refractivity contribution is 0.0989. The van der Waals surface area contributed by atoms with Crippen LogP contribution in [0.15, 0.2) is 42.6 Å². The van der Waals surface area contributed by atoms with Crippen LogP contribution < -0.4 is 26.0 Å². The molecular weight excluding hydrogens is 484 g/mol. The van der Waals surface area contributed by atoms with Gasteiger partial charge in [0, 0.05) is 36.6 Å². The molecule has 2 aromatic carbocycles. The van der Waals surface area contributed by atoms with E-state index in [2.05, 4.69) is 37.4 Å². The maximum Gasteiger partial charge on any atom is 0.250 e. The number of amides is 1. The first-order chi connectivity index (χ1) is 17.8. The molecule has 37 heavy (non-hydrogen) atoms. The van der Waals surface area contributed by atoms with Crippen LogP contribution in [-0.2, 0) is 4.74 Å². The fourth-order valence-electron chi connectivity index (χ4n) is 4.27. The standard InChI is InChI=1S/C25H25F2N7O3/c1-13-12-37-8-7-34(13)14-3-4-19(21(9-14)36-2)31-25-32-23-15(5-6-29-23)24(33-25)30-20-11-18(27)17(26)10-16(20)22(28)35/h3-6,9-11,13H,7-8,12H2,1-2H3,(H2,28,35)(H3,29,30,31,32,33)/t13-/m0/s1. The van der Waals surface area contributed by atoms with Crippen molar-refractivity contribution in [2.45, 2.75) is 13.0 Å². The molecule has 10 nitrogen and oxygen atoms in total. The van der Waals surface area contributed by atoms with Crippen LogP contribution in [0.2, 0.25) is 0 Å². The third-order valence-corrected chi connectivity index (χ3v) is 6.13. The number of hydrogen-bond acceptors (Lipinski definition) is 8. The minimum Gasteiger partial charge on any atom is -0.494 e. The van der Waals surface area contributed by atoms with Crippen LogP contribution in [0, 0.1) is 11.6 Å². The van der Waals surface area contributed by atoms with Crippen LogP contribution in [0.25, 0.3) is 11.4 Å². The second-order valence-electron chi connectivity index (χ2n) is 8.57. The monoisotopic (exact) mass is 509 g/mol. The fraction of sp³-hybridized carbons (Fsp3) is 0.240. The highest BCUT2D eigenvalue weighted by Gasteiger charge is 2.22. The summed E-state index contributed by atoms with van der Waals surface area (Å²) in [6.07, 6.45) is 1.57. The minimum atomic E-state index is -1.18. The molecule has 3 heterocycles. The number of hydrogen-bond donors (Lipinski definition) is 4. The molecule has 1 fully saturated rings. The molecule has 192 valence electrons. The molecule has 1 atom stereocenters. The molecule has 0 saturated carbocycles. The Morgan fingerprint density at radius 1 is 1.19 bits per heavy atom. The summed E-state index contributed by atoms with van der Waals surface area (Å²) in [7, 11) is 1.58. The number of ether oxygens (including phenoxy) is 2. The molecule has 3 aliphatic rings. The molecule has 0 radical (unpaired) electrons. The number of H-pyrrole nitrogens is 1. The Kier molecular flexibility index (Phi) is 6.49. The summed E-state index contributed by atoms with van der Waals surface area (Å²) < 4.78 is 38.9. The third-order valence-electron chi connectivity index (χ3n) is 6.13. The number of nitrogens with one attached hydrogen (secondary N) is 3. The van der Waals surface area contributed by atoms with E-state index in [0.717, 1.165) is 24.4 Å². The molecule has 0 aromatic heterocycles. The van der Waals surface area contributed by atoms with Crippen molar-refractivity contribution in [2.24, 2.45) is 5.73 Å². The van der Waals surface area contributed by atoms with Crippen LogP contribution in [0.4, 0.5) is 37.6 Å². The molecule has 1 saturated heterocycles. The number of nitrogens with two attached hydrogens (primary N) is 1. The van der Waals surface area contributed by atoms with Crippen molar-refractivity contribution in [3.63, 3.8) is 0 Å². The van der Waals surface area contributed by atoms with Gasteiger partial charge in [0.15, 0.2) is 11.6 Å². The molecule has 0 spiro atoms. The molecule has 12 heteroatoms. The van der Waals surface area contributed by atoms with Gasteiger partial charge < -0.3 is 35.7 Å². The zero-order chi connectivity index (χ0) is 26.1. The summed E-state index contributed by atoms with van der Waals surface area (Å²) in [6, 6.07) is 9.31. The first-order valence-corrected chi connectivity index (χ1v) is 11.5. The van der Waals surface area contributed by atoms with Crippen molar-refractivity contribution in [3.8, 4) is 17.1 Å². The molecule has 0 bridgehead atoms. The average molecular weight is 510 g/mol. The predicted molar refractivity (Wildman–Crippen MR) is 135 cm³/mol. The number of morpholine rings is 1. The maximum absolute atomic E-state index is 14.0. The number of primary amides is 1. The number of halogens is 2. The van der Waals surface area contributed by atoms with E-state index in [1.165, 1.54) is 0 Å². The quantitative estimate of drug-likeness (QED) is 0.294. The fourth-order valence-corrected chi connectivity index (χ4v) is 4.27. The number of aromatic nitrogens is 3. The van der Waals surface area contributed by atoms with Crippen molar-refractivity contribution >= 4 is 34.7 Å². The topological polar surface area (TPSA) is 130 Å². The van der Waals surface area contributed by atoms with E-state index in [9.17, 15) is 13.6 Å². The highest BCUT2D eigenvalue weighted by molar-refractivity contribution is 5.99. The van der Waals surface area contributed by atoms with Gasteiger partial charge in [-0.15, -0.1) is 0 Å². The Bertz CT molecular complexity index is 1430. The number of carbonyl (C=O) groups is 1. The van der Waals surface area contributed by atoms with Crippen LogP contribution in [0.5, 0.6) is 5.75 Å².